The Hall–Kier alpha value is -2.49. The summed E-state index contributed by atoms with van der Waals surface area (Å²) in [6.45, 7) is 0. The summed E-state index contributed by atoms with van der Waals surface area (Å²) in [5, 5.41) is 10.6. The van der Waals surface area contributed by atoms with Gasteiger partial charge in [-0.3, -0.25) is 15.1 Å². The maximum atomic E-state index is 10.6. The van der Waals surface area contributed by atoms with Gasteiger partial charge >= 0.3 is 0 Å². The van der Waals surface area contributed by atoms with E-state index in [4.69, 9.17) is 0 Å². The van der Waals surface area contributed by atoms with Crippen molar-refractivity contribution in [3.8, 4) is 0 Å². The normalized spacial score (nSPS) is 21.0. The average molecular weight is 266 g/mol. The summed E-state index contributed by atoms with van der Waals surface area (Å²) in [6.07, 6.45) is 2.88. The Morgan fingerprint density at radius 2 is 1.80 bits per heavy atom. The van der Waals surface area contributed by atoms with Gasteiger partial charge in [-0.15, -0.1) is 0 Å². The first-order chi connectivity index (χ1) is 9.74. The molecule has 0 heterocycles. The van der Waals surface area contributed by atoms with Crippen LogP contribution in [0.3, 0.4) is 0 Å². The highest BCUT2D eigenvalue weighted by molar-refractivity contribution is 5.80. The predicted molar refractivity (Wildman–Crippen MR) is 78.3 cm³/mol. The molecule has 0 N–H and O–H groups in total. The highest BCUT2D eigenvalue weighted by Gasteiger charge is 2.37. The van der Waals surface area contributed by atoms with Crippen molar-refractivity contribution in [2.45, 2.75) is 18.4 Å². The summed E-state index contributed by atoms with van der Waals surface area (Å²) in [6, 6.07) is 17.2. The standard InChI is InChI=1S/C16H14N2O2/c19-18(20)14-8-6-12(7-9-14)11-17-16-10-15(16)13-4-2-1-3-5-13/h1-9,11,15-16H,10H2/t15-,16+/m0/s1. The Morgan fingerprint density at radius 3 is 2.45 bits per heavy atom. The van der Waals surface area contributed by atoms with Crippen molar-refractivity contribution < 1.29 is 4.92 Å². The SMILES string of the molecule is O=[N+]([O-])c1ccc(C=N[C@@H]2C[C@H]2c2ccccc2)cc1. The molecule has 2 aromatic rings. The molecular weight excluding hydrogens is 252 g/mol. The number of aliphatic imine (C=N–C) groups is 1. The molecule has 4 heteroatoms. The van der Waals surface area contributed by atoms with Crippen LogP contribution in [-0.2, 0) is 0 Å². The number of rotatable bonds is 4. The predicted octanol–water partition coefficient (Wildman–Crippen LogP) is 3.57. The van der Waals surface area contributed by atoms with Crippen molar-refractivity contribution >= 4 is 11.9 Å². The largest absolute Gasteiger partial charge is 0.289 e. The molecule has 0 amide bonds. The van der Waals surface area contributed by atoms with E-state index in [1.54, 1.807) is 18.3 Å². The van der Waals surface area contributed by atoms with Crippen LogP contribution < -0.4 is 0 Å². The summed E-state index contributed by atoms with van der Waals surface area (Å²) < 4.78 is 0. The Bertz CT molecular complexity index is 635. The van der Waals surface area contributed by atoms with Crippen LogP contribution in [0.2, 0.25) is 0 Å². The van der Waals surface area contributed by atoms with Crippen LogP contribution in [-0.4, -0.2) is 17.2 Å². The smallest absolute Gasteiger partial charge is 0.269 e. The molecule has 2 aromatic carbocycles. The van der Waals surface area contributed by atoms with Gasteiger partial charge in [0.25, 0.3) is 5.69 Å². The Kier molecular flexibility index (Phi) is 3.29. The van der Waals surface area contributed by atoms with Crippen LogP contribution in [0.25, 0.3) is 0 Å². The molecule has 4 nitrogen and oxygen atoms in total. The lowest BCUT2D eigenvalue weighted by atomic mass is 10.1. The topological polar surface area (TPSA) is 55.5 Å². The van der Waals surface area contributed by atoms with Crippen molar-refractivity contribution in [2.75, 3.05) is 0 Å². The monoisotopic (exact) mass is 266 g/mol. The number of non-ortho nitro benzene ring substituents is 1. The van der Waals surface area contributed by atoms with Gasteiger partial charge in [0.05, 0.1) is 11.0 Å². The summed E-state index contributed by atoms with van der Waals surface area (Å²) >= 11 is 0. The van der Waals surface area contributed by atoms with E-state index in [0.717, 1.165) is 12.0 Å². The van der Waals surface area contributed by atoms with Gasteiger partial charge in [0.15, 0.2) is 0 Å². The zero-order chi connectivity index (χ0) is 13.9. The minimum absolute atomic E-state index is 0.107. The Labute approximate surface area is 116 Å². The van der Waals surface area contributed by atoms with Crippen LogP contribution in [0.15, 0.2) is 59.6 Å². The first-order valence-electron chi connectivity index (χ1n) is 6.56. The van der Waals surface area contributed by atoms with E-state index >= 15 is 0 Å². The lowest BCUT2D eigenvalue weighted by molar-refractivity contribution is -0.384. The van der Waals surface area contributed by atoms with Crippen LogP contribution in [0.4, 0.5) is 5.69 Å². The quantitative estimate of drug-likeness (QED) is 0.482. The molecule has 2 atom stereocenters. The number of benzene rings is 2. The van der Waals surface area contributed by atoms with Gasteiger partial charge in [0.2, 0.25) is 0 Å². The number of hydrogen-bond donors (Lipinski definition) is 0. The molecule has 1 saturated carbocycles. The minimum atomic E-state index is -0.396. The third-order valence-corrected chi connectivity index (χ3v) is 3.50. The molecule has 0 bridgehead atoms. The van der Waals surface area contributed by atoms with E-state index in [1.807, 2.05) is 18.2 Å². The molecule has 0 radical (unpaired) electrons. The molecule has 0 saturated heterocycles. The molecule has 1 aliphatic carbocycles. The van der Waals surface area contributed by atoms with E-state index in [-0.39, 0.29) is 5.69 Å². The van der Waals surface area contributed by atoms with Gasteiger partial charge in [-0.25, -0.2) is 0 Å². The van der Waals surface area contributed by atoms with Crippen LogP contribution >= 0.6 is 0 Å². The highest BCUT2D eigenvalue weighted by Crippen LogP contribution is 2.43. The van der Waals surface area contributed by atoms with Gasteiger partial charge in [-0.2, -0.15) is 0 Å². The molecule has 0 unspecified atom stereocenters. The first-order valence-corrected chi connectivity index (χ1v) is 6.56. The zero-order valence-corrected chi connectivity index (χ0v) is 10.8. The molecule has 0 spiro atoms. The first kappa shape index (κ1) is 12.5. The van der Waals surface area contributed by atoms with Crippen molar-refractivity contribution in [3.63, 3.8) is 0 Å². The van der Waals surface area contributed by atoms with Crippen molar-refractivity contribution in [1.82, 2.24) is 0 Å². The van der Waals surface area contributed by atoms with E-state index in [9.17, 15) is 10.1 Å². The van der Waals surface area contributed by atoms with Gasteiger partial charge in [0, 0.05) is 24.3 Å². The molecule has 3 rings (SSSR count). The summed E-state index contributed by atoms with van der Waals surface area (Å²) in [5.41, 5.74) is 2.34. The molecule has 0 aliphatic heterocycles. The number of nitrogens with zero attached hydrogens (tertiary/aromatic N) is 2. The van der Waals surface area contributed by atoms with Crippen LogP contribution in [0, 0.1) is 10.1 Å². The molecule has 0 aromatic heterocycles. The zero-order valence-electron chi connectivity index (χ0n) is 10.8. The van der Waals surface area contributed by atoms with E-state index < -0.39 is 4.92 Å². The molecule has 1 fully saturated rings. The average Bonchev–Trinajstić information content (AvgIpc) is 3.26. The third kappa shape index (κ3) is 2.74. The second-order valence-electron chi connectivity index (χ2n) is 4.95. The number of hydrogen-bond acceptors (Lipinski definition) is 3. The van der Waals surface area contributed by atoms with Gasteiger partial charge in [-0.1, -0.05) is 30.3 Å². The second-order valence-corrected chi connectivity index (χ2v) is 4.95. The van der Waals surface area contributed by atoms with Gasteiger partial charge in [0.1, 0.15) is 0 Å². The van der Waals surface area contributed by atoms with E-state index in [0.29, 0.717) is 12.0 Å². The van der Waals surface area contributed by atoms with E-state index in [2.05, 4.69) is 17.1 Å². The van der Waals surface area contributed by atoms with Crippen LogP contribution in [0.5, 0.6) is 0 Å². The third-order valence-electron chi connectivity index (χ3n) is 3.50. The second kappa shape index (κ2) is 5.25. The molecule has 1 aliphatic rings. The van der Waals surface area contributed by atoms with Crippen molar-refractivity contribution in [3.05, 3.63) is 75.8 Å². The molecular formula is C16H14N2O2. The maximum absolute atomic E-state index is 10.6. The summed E-state index contributed by atoms with van der Waals surface area (Å²) in [7, 11) is 0. The van der Waals surface area contributed by atoms with Crippen molar-refractivity contribution in [1.29, 1.82) is 0 Å². The lowest BCUT2D eigenvalue weighted by Crippen LogP contribution is -1.90. The number of nitro benzene ring substituents is 1. The van der Waals surface area contributed by atoms with Gasteiger partial charge < -0.3 is 0 Å². The van der Waals surface area contributed by atoms with Crippen molar-refractivity contribution in [2.24, 2.45) is 4.99 Å². The number of nitro groups is 1. The fraction of sp³-hybridized carbons (Fsp3) is 0.188. The maximum Gasteiger partial charge on any atom is 0.269 e. The molecule has 20 heavy (non-hydrogen) atoms. The summed E-state index contributed by atoms with van der Waals surface area (Å²) in [5.74, 6) is 0.519. The highest BCUT2D eigenvalue weighted by atomic mass is 16.6. The van der Waals surface area contributed by atoms with E-state index in [1.165, 1.54) is 17.7 Å². The Morgan fingerprint density at radius 1 is 1.10 bits per heavy atom. The Balaban J connectivity index is 1.63. The molecule has 100 valence electrons. The van der Waals surface area contributed by atoms with Crippen LogP contribution in [0.1, 0.15) is 23.5 Å². The summed E-state index contributed by atoms with van der Waals surface area (Å²) in [4.78, 5) is 14.7. The fourth-order valence-corrected chi connectivity index (χ4v) is 2.27. The fourth-order valence-electron chi connectivity index (χ4n) is 2.27. The minimum Gasteiger partial charge on any atom is -0.289 e. The van der Waals surface area contributed by atoms with Gasteiger partial charge in [-0.05, 0) is 29.7 Å². The lowest BCUT2D eigenvalue weighted by Gasteiger charge is -1.96.